The standard InChI is InChI=1S/C20H26N4O/c1-17-5-4-7-19(15-17)23-11-13-24(14-12-23)20(25)8-10-21-16-18-6-2-3-9-22-18/h2-7,9,15,21H,8,10-14,16H2,1H3. The van der Waals surface area contributed by atoms with Crippen molar-refractivity contribution in [2.75, 3.05) is 37.6 Å². The fourth-order valence-electron chi connectivity index (χ4n) is 3.11. The van der Waals surface area contributed by atoms with E-state index < -0.39 is 0 Å². The van der Waals surface area contributed by atoms with Crippen LogP contribution in [0.1, 0.15) is 17.7 Å². The van der Waals surface area contributed by atoms with Gasteiger partial charge in [-0.2, -0.15) is 0 Å². The van der Waals surface area contributed by atoms with Crippen molar-refractivity contribution in [2.24, 2.45) is 0 Å². The van der Waals surface area contributed by atoms with Crippen molar-refractivity contribution in [1.82, 2.24) is 15.2 Å². The number of amides is 1. The van der Waals surface area contributed by atoms with E-state index in [1.165, 1.54) is 11.3 Å². The fraction of sp³-hybridized carbons (Fsp3) is 0.400. The molecule has 0 aliphatic carbocycles. The number of carbonyl (C=O) groups excluding carboxylic acids is 1. The molecule has 5 heteroatoms. The van der Waals surface area contributed by atoms with Crippen LogP contribution in [0.15, 0.2) is 48.7 Å². The maximum Gasteiger partial charge on any atom is 0.223 e. The molecule has 1 aliphatic heterocycles. The largest absolute Gasteiger partial charge is 0.368 e. The highest BCUT2D eigenvalue weighted by Crippen LogP contribution is 2.18. The molecule has 3 rings (SSSR count). The number of nitrogens with zero attached hydrogens (tertiary/aromatic N) is 3. The molecule has 0 radical (unpaired) electrons. The molecule has 2 heterocycles. The van der Waals surface area contributed by atoms with Crippen LogP contribution in [0.5, 0.6) is 0 Å². The van der Waals surface area contributed by atoms with Crippen molar-refractivity contribution in [3.05, 3.63) is 59.9 Å². The Hall–Kier alpha value is -2.40. The minimum absolute atomic E-state index is 0.234. The summed E-state index contributed by atoms with van der Waals surface area (Å²) in [6.45, 7) is 6.90. The molecule has 1 saturated heterocycles. The zero-order valence-electron chi connectivity index (χ0n) is 14.8. The van der Waals surface area contributed by atoms with Gasteiger partial charge in [-0.15, -0.1) is 0 Å². The first-order chi connectivity index (χ1) is 12.2. The Morgan fingerprint density at radius 1 is 1.12 bits per heavy atom. The molecule has 0 bridgehead atoms. The van der Waals surface area contributed by atoms with Crippen molar-refractivity contribution in [1.29, 1.82) is 0 Å². The highest BCUT2D eigenvalue weighted by atomic mass is 16.2. The summed E-state index contributed by atoms with van der Waals surface area (Å²) in [5, 5.41) is 3.29. The Balaban J connectivity index is 1.38. The smallest absolute Gasteiger partial charge is 0.223 e. The summed E-state index contributed by atoms with van der Waals surface area (Å²) in [4.78, 5) is 21.0. The molecule has 1 amide bonds. The topological polar surface area (TPSA) is 48.5 Å². The van der Waals surface area contributed by atoms with Crippen molar-refractivity contribution < 1.29 is 4.79 Å². The van der Waals surface area contributed by atoms with Crippen LogP contribution < -0.4 is 10.2 Å². The minimum Gasteiger partial charge on any atom is -0.368 e. The number of benzene rings is 1. The van der Waals surface area contributed by atoms with Gasteiger partial charge in [0.1, 0.15) is 0 Å². The lowest BCUT2D eigenvalue weighted by Crippen LogP contribution is -2.49. The van der Waals surface area contributed by atoms with Crippen molar-refractivity contribution in [3.8, 4) is 0 Å². The van der Waals surface area contributed by atoms with Crippen LogP contribution in [0.25, 0.3) is 0 Å². The lowest BCUT2D eigenvalue weighted by Gasteiger charge is -2.36. The molecule has 1 N–H and O–H groups in total. The molecule has 1 fully saturated rings. The van der Waals surface area contributed by atoms with E-state index in [0.717, 1.165) is 31.9 Å². The van der Waals surface area contributed by atoms with Crippen molar-refractivity contribution in [3.63, 3.8) is 0 Å². The summed E-state index contributed by atoms with van der Waals surface area (Å²) in [6.07, 6.45) is 2.33. The second-order valence-electron chi connectivity index (χ2n) is 6.45. The Bertz CT molecular complexity index is 681. The molecule has 0 saturated carbocycles. The molecule has 2 aromatic rings. The lowest BCUT2D eigenvalue weighted by atomic mass is 10.2. The molecule has 1 aromatic carbocycles. The zero-order chi connectivity index (χ0) is 17.5. The quantitative estimate of drug-likeness (QED) is 0.821. The fourth-order valence-corrected chi connectivity index (χ4v) is 3.11. The number of rotatable bonds is 6. The summed E-state index contributed by atoms with van der Waals surface area (Å²) in [5.74, 6) is 0.234. The molecular weight excluding hydrogens is 312 g/mol. The minimum atomic E-state index is 0.234. The monoisotopic (exact) mass is 338 g/mol. The zero-order valence-corrected chi connectivity index (χ0v) is 14.8. The Kier molecular flexibility index (Phi) is 6.01. The molecule has 25 heavy (non-hydrogen) atoms. The SMILES string of the molecule is Cc1cccc(N2CCN(C(=O)CCNCc3ccccn3)CC2)c1. The normalized spacial score (nSPS) is 14.6. The van der Waals surface area contributed by atoms with E-state index in [2.05, 4.69) is 46.4 Å². The molecular formula is C20H26N4O. The average Bonchev–Trinajstić information content (AvgIpc) is 2.66. The predicted molar refractivity (Wildman–Crippen MR) is 101 cm³/mol. The summed E-state index contributed by atoms with van der Waals surface area (Å²) < 4.78 is 0. The first-order valence-electron chi connectivity index (χ1n) is 8.92. The van der Waals surface area contributed by atoms with Gasteiger partial charge in [-0.3, -0.25) is 9.78 Å². The summed E-state index contributed by atoms with van der Waals surface area (Å²) in [7, 11) is 0. The number of nitrogens with one attached hydrogen (secondary N) is 1. The maximum absolute atomic E-state index is 12.4. The summed E-state index contributed by atoms with van der Waals surface area (Å²) >= 11 is 0. The number of hydrogen-bond acceptors (Lipinski definition) is 4. The van der Waals surface area contributed by atoms with Crippen LogP contribution >= 0.6 is 0 Å². The van der Waals surface area contributed by atoms with Crippen molar-refractivity contribution >= 4 is 11.6 Å². The number of pyridine rings is 1. The van der Waals surface area contributed by atoms with Gasteiger partial charge in [0.15, 0.2) is 0 Å². The van der Waals surface area contributed by atoms with Gasteiger partial charge in [0, 0.05) is 57.6 Å². The van der Waals surface area contributed by atoms with E-state index in [4.69, 9.17) is 0 Å². The van der Waals surface area contributed by atoms with Gasteiger partial charge in [-0.25, -0.2) is 0 Å². The molecule has 1 aliphatic rings. The second-order valence-corrected chi connectivity index (χ2v) is 6.45. The average molecular weight is 338 g/mol. The van der Waals surface area contributed by atoms with E-state index in [9.17, 15) is 4.79 Å². The van der Waals surface area contributed by atoms with Gasteiger partial charge in [-0.05, 0) is 36.8 Å². The van der Waals surface area contributed by atoms with Crippen LogP contribution in [-0.4, -0.2) is 48.5 Å². The lowest BCUT2D eigenvalue weighted by molar-refractivity contribution is -0.131. The van der Waals surface area contributed by atoms with Crippen LogP contribution in [0.2, 0.25) is 0 Å². The van der Waals surface area contributed by atoms with Gasteiger partial charge in [0.2, 0.25) is 5.91 Å². The highest BCUT2D eigenvalue weighted by Gasteiger charge is 2.20. The van der Waals surface area contributed by atoms with E-state index in [-0.39, 0.29) is 5.91 Å². The third-order valence-corrected chi connectivity index (χ3v) is 4.55. The number of aryl methyl sites for hydroxylation is 1. The van der Waals surface area contributed by atoms with Gasteiger partial charge in [0.05, 0.1) is 5.69 Å². The summed E-state index contributed by atoms with van der Waals surface area (Å²) in [5.41, 5.74) is 3.53. The van der Waals surface area contributed by atoms with E-state index in [0.29, 0.717) is 19.5 Å². The maximum atomic E-state index is 12.4. The van der Waals surface area contributed by atoms with E-state index in [1.807, 2.05) is 23.1 Å². The number of hydrogen-bond donors (Lipinski definition) is 1. The first kappa shape index (κ1) is 17.4. The molecule has 0 atom stereocenters. The van der Waals surface area contributed by atoms with Gasteiger partial charge >= 0.3 is 0 Å². The van der Waals surface area contributed by atoms with Crippen LogP contribution in [0.3, 0.4) is 0 Å². The Morgan fingerprint density at radius 2 is 1.96 bits per heavy atom. The molecule has 0 spiro atoms. The number of carbonyl (C=O) groups is 1. The molecule has 0 unspecified atom stereocenters. The van der Waals surface area contributed by atoms with Crippen LogP contribution in [-0.2, 0) is 11.3 Å². The molecule has 1 aromatic heterocycles. The third kappa shape index (κ3) is 5.03. The van der Waals surface area contributed by atoms with Crippen LogP contribution in [0, 0.1) is 6.92 Å². The van der Waals surface area contributed by atoms with Crippen LogP contribution in [0.4, 0.5) is 5.69 Å². The second kappa shape index (κ2) is 8.62. The van der Waals surface area contributed by atoms with E-state index in [1.54, 1.807) is 6.20 Å². The Labute approximate surface area is 149 Å². The third-order valence-electron chi connectivity index (χ3n) is 4.55. The molecule has 5 nitrogen and oxygen atoms in total. The van der Waals surface area contributed by atoms with Gasteiger partial charge < -0.3 is 15.1 Å². The Morgan fingerprint density at radius 3 is 2.68 bits per heavy atom. The predicted octanol–water partition coefficient (Wildman–Crippen LogP) is 2.22. The van der Waals surface area contributed by atoms with Gasteiger partial charge in [-0.1, -0.05) is 18.2 Å². The molecule has 132 valence electrons. The number of aromatic nitrogens is 1. The van der Waals surface area contributed by atoms with Crippen molar-refractivity contribution in [2.45, 2.75) is 19.9 Å². The van der Waals surface area contributed by atoms with E-state index >= 15 is 0 Å². The first-order valence-corrected chi connectivity index (χ1v) is 8.92. The summed E-state index contributed by atoms with van der Waals surface area (Å²) in [6, 6.07) is 14.4. The number of piperazine rings is 1. The van der Waals surface area contributed by atoms with Gasteiger partial charge in [0.25, 0.3) is 0 Å². The number of anilines is 1. The highest BCUT2D eigenvalue weighted by molar-refractivity contribution is 5.76.